The van der Waals surface area contributed by atoms with Crippen molar-refractivity contribution in [1.29, 1.82) is 0 Å². The summed E-state index contributed by atoms with van der Waals surface area (Å²) >= 11 is 0. The molecule has 2 N–H and O–H groups in total. The number of carboxylic acids is 1. The first-order valence-corrected chi connectivity index (χ1v) is 8.98. The van der Waals surface area contributed by atoms with Crippen LogP contribution in [0, 0.1) is 5.92 Å². The van der Waals surface area contributed by atoms with Gasteiger partial charge in [0.25, 0.3) is 5.91 Å². The summed E-state index contributed by atoms with van der Waals surface area (Å²) in [5, 5.41) is 11.2. The Hall–Kier alpha value is -2.90. The van der Waals surface area contributed by atoms with Gasteiger partial charge in [-0.3, -0.25) is 19.2 Å². The SMILES string of the molecule is CCOC(=O)C1CCN(C(=O)c2ccc(NC(=O)CCC(=O)O)cc2)CC1. The Morgan fingerprint density at radius 2 is 1.74 bits per heavy atom. The Morgan fingerprint density at radius 3 is 2.30 bits per heavy atom. The maximum Gasteiger partial charge on any atom is 0.309 e. The Balaban J connectivity index is 1.86. The molecule has 1 fully saturated rings. The fourth-order valence-electron chi connectivity index (χ4n) is 2.90. The first-order chi connectivity index (χ1) is 12.9. The average molecular weight is 376 g/mol. The third kappa shape index (κ3) is 6.09. The number of anilines is 1. The van der Waals surface area contributed by atoms with E-state index >= 15 is 0 Å². The Labute approximate surface area is 157 Å². The van der Waals surface area contributed by atoms with Crippen LogP contribution in [0.3, 0.4) is 0 Å². The lowest BCUT2D eigenvalue weighted by molar-refractivity contribution is -0.149. The van der Waals surface area contributed by atoms with Gasteiger partial charge in [-0.1, -0.05) is 0 Å². The second kappa shape index (κ2) is 9.70. The number of benzene rings is 1. The van der Waals surface area contributed by atoms with E-state index in [1.165, 1.54) is 0 Å². The molecule has 0 spiro atoms. The highest BCUT2D eigenvalue weighted by molar-refractivity contribution is 5.96. The number of rotatable bonds is 7. The molecule has 1 aromatic carbocycles. The van der Waals surface area contributed by atoms with Crippen LogP contribution in [0.2, 0.25) is 0 Å². The summed E-state index contributed by atoms with van der Waals surface area (Å²) < 4.78 is 5.03. The number of likely N-dealkylation sites (tertiary alicyclic amines) is 1. The maximum atomic E-state index is 12.6. The number of esters is 1. The molecule has 146 valence electrons. The van der Waals surface area contributed by atoms with Gasteiger partial charge in [0.2, 0.25) is 5.91 Å². The van der Waals surface area contributed by atoms with Crippen LogP contribution in [0.5, 0.6) is 0 Å². The second-order valence-corrected chi connectivity index (χ2v) is 6.34. The Kier molecular flexibility index (Phi) is 7.34. The van der Waals surface area contributed by atoms with E-state index in [1.54, 1.807) is 36.1 Å². The molecule has 2 amide bonds. The van der Waals surface area contributed by atoms with Crippen molar-refractivity contribution in [3.05, 3.63) is 29.8 Å². The first kappa shape index (κ1) is 20.4. The lowest BCUT2D eigenvalue weighted by atomic mass is 9.96. The summed E-state index contributed by atoms with van der Waals surface area (Å²) in [7, 11) is 0. The number of piperidine rings is 1. The van der Waals surface area contributed by atoms with Crippen LogP contribution >= 0.6 is 0 Å². The predicted octanol–water partition coefficient (Wildman–Crippen LogP) is 1.91. The minimum atomic E-state index is -1.03. The van der Waals surface area contributed by atoms with E-state index in [0.29, 0.717) is 43.8 Å². The van der Waals surface area contributed by atoms with Crippen molar-refractivity contribution >= 4 is 29.4 Å². The number of hydrogen-bond acceptors (Lipinski definition) is 5. The standard InChI is InChI=1S/C19H24N2O6/c1-2-27-19(26)14-9-11-21(12-10-14)18(25)13-3-5-15(6-4-13)20-16(22)7-8-17(23)24/h3-6,14H,2,7-12H2,1H3,(H,20,22)(H,23,24). The molecule has 1 saturated heterocycles. The number of ether oxygens (including phenoxy) is 1. The van der Waals surface area contributed by atoms with Gasteiger partial charge in [-0.25, -0.2) is 0 Å². The quantitative estimate of drug-likeness (QED) is 0.703. The normalized spacial score (nSPS) is 14.5. The first-order valence-electron chi connectivity index (χ1n) is 8.98. The van der Waals surface area contributed by atoms with E-state index < -0.39 is 11.9 Å². The molecule has 1 heterocycles. The van der Waals surface area contributed by atoms with Gasteiger partial charge in [-0.2, -0.15) is 0 Å². The number of carbonyl (C=O) groups excluding carboxylic acids is 3. The number of hydrogen-bond donors (Lipinski definition) is 2. The number of carboxylic acid groups (broad SMARTS) is 1. The van der Waals surface area contributed by atoms with Crippen LogP contribution in [-0.4, -0.2) is 53.5 Å². The fourth-order valence-corrected chi connectivity index (χ4v) is 2.90. The van der Waals surface area contributed by atoms with Crippen LogP contribution in [0.25, 0.3) is 0 Å². The van der Waals surface area contributed by atoms with Crippen molar-refractivity contribution in [2.75, 3.05) is 25.0 Å². The van der Waals surface area contributed by atoms with Crippen molar-refractivity contribution in [1.82, 2.24) is 4.90 Å². The minimum Gasteiger partial charge on any atom is -0.481 e. The van der Waals surface area contributed by atoms with Crippen LogP contribution < -0.4 is 5.32 Å². The second-order valence-electron chi connectivity index (χ2n) is 6.34. The fraction of sp³-hybridized carbons (Fsp3) is 0.474. The molecule has 0 aromatic heterocycles. The van der Waals surface area contributed by atoms with E-state index in [4.69, 9.17) is 9.84 Å². The topological polar surface area (TPSA) is 113 Å². The summed E-state index contributed by atoms with van der Waals surface area (Å²) in [5.41, 5.74) is 0.996. The van der Waals surface area contributed by atoms with Gasteiger partial charge < -0.3 is 20.1 Å². The van der Waals surface area contributed by atoms with Crippen LogP contribution in [0.15, 0.2) is 24.3 Å². The monoisotopic (exact) mass is 376 g/mol. The van der Waals surface area contributed by atoms with Crippen LogP contribution in [0.1, 0.15) is 43.0 Å². The van der Waals surface area contributed by atoms with E-state index in [0.717, 1.165) is 0 Å². The van der Waals surface area contributed by atoms with E-state index in [2.05, 4.69) is 5.32 Å². The van der Waals surface area contributed by atoms with Gasteiger partial charge >= 0.3 is 11.9 Å². The lowest BCUT2D eigenvalue weighted by Gasteiger charge is -2.31. The predicted molar refractivity (Wildman–Crippen MR) is 97.2 cm³/mol. The molecule has 0 radical (unpaired) electrons. The maximum absolute atomic E-state index is 12.6. The van der Waals surface area contributed by atoms with Gasteiger partial charge in [-0.05, 0) is 44.0 Å². The summed E-state index contributed by atoms with van der Waals surface area (Å²) in [6.45, 7) is 3.12. The lowest BCUT2D eigenvalue weighted by Crippen LogP contribution is -2.40. The molecule has 1 aliphatic rings. The van der Waals surface area contributed by atoms with Crippen LogP contribution in [-0.2, 0) is 19.1 Å². The highest BCUT2D eigenvalue weighted by Crippen LogP contribution is 2.21. The number of carbonyl (C=O) groups is 4. The van der Waals surface area contributed by atoms with Crippen molar-refractivity contribution in [2.45, 2.75) is 32.6 Å². The van der Waals surface area contributed by atoms with Gasteiger partial charge in [-0.15, -0.1) is 0 Å². The zero-order valence-electron chi connectivity index (χ0n) is 15.3. The summed E-state index contributed by atoms with van der Waals surface area (Å²) in [6.07, 6.45) is 0.833. The zero-order chi connectivity index (χ0) is 19.8. The van der Waals surface area contributed by atoms with Gasteiger partial charge in [0.1, 0.15) is 0 Å². The zero-order valence-corrected chi connectivity index (χ0v) is 15.3. The van der Waals surface area contributed by atoms with Crippen molar-refractivity contribution < 1.29 is 29.0 Å². The molecule has 8 nitrogen and oxygen atoms in total. The minimum absolute atomic E-state index is 0.106. The van der Waals surface area contributed by atoms with Crippen molar-refractivity contribution in [3.8, 4) is 0 Å². The van der Waals surface area contributed by atoms with Gasteiger partial charge in [0.05, 0.1) is 18.9 Å². The largest absolute Gasteiger partial charge is 0.481 e. The molecular formula is C19H24N2O6. The molecule has 0 atom stereocenters. The number of amides is 2. The summed E-state index contributed by atoms with van der Waals surface area (Å²) in [4.78, 5) is 48.1. The molecule has 8 heteroatoms. The smallest absolute Gasteiger partial charge is 0.309 e. The molecule has 27 heavy (non-hydrogen) atoms. The molecule has 1 aromatic rings. The number of nitrogens with one attached hydrogen (secondary N) is 1. The molecule has 1 aliphatic heterocycles. The molecule has 0 saturated carbocycles. The van der Waals surface area contributed by atoms with E-state index in [1.807, 2.05) is 0 Å². The Morgan fingerprint density at radius 1 is 1.11 bits per heavy atom. The summed E-state index contributed by atoms with van der Waals surface area (Å²) in [6, 6.07) is 6.45. The van der Waals surface area contributed by atoms with Gasteiger partial charge in [0.15, 0.2) is 0 Å². The molecule has 0 unspecified atom stereocenters. The third-order valence-electron chi connectivity index (χ3n) is 4.38. The van der Waals surface area contributed by atoms with E-state index in [9.17, 15) is 19.2 Å². The highest BCUT2D eigenvalue weighted by Gasteiger charge is 2.28. The molecule has 0 aliphatic carbocycles. The third-order valence-corrected chi connectivity index (χ3v) is 4.38. The number of aliphatic carboxylic acids is 1. The summed E-state index contributed by atoms with van der Waals surface area (Å²) in [5.74, 6) is -1.90. The van der Waals surface area contributed by atoms with Crippen molar-refractivity contribution in [2.24, 2.45) is 5.92 Å². The van der Waals surface area contributed by atoms with E-state index in [-0.39, 0.29) is 30.6 Å². The molecular weight excluding hydrogens is 352 g/mol. The molecule has 2 rings (SSSR count). The van der Waals surface area contributed by atoms with Gasteiger partial charge in [0, 0.05) is 30.8 Å². The number of nitrogens with zero attached hydrogens (tertiary/aromatic N) is 1. The Bertz CT molecular complexity index is 693. The highest BCUT2D eigenvalue weighted by atomic mass is 16.5. The molecule has 0 bridgehead atoms. The average Bonchev–Trinajstić information content (AvgIpc) is 2.67. The van der Waals surface area contributed by atoms with Crippen molar-refractivity contribution in [3.63, 3.8) is 0 Å². The van der Waals surface area contributed by atoms with Crippen LogP contribution in [0.4, 0.5) is 5.69 Å².